The molecule has 0 saturated carbocycles. The average Bonchev–Trinajstić information content (AvgIpc) is 2.53. The number of piperidine rings is 2. The molecule has 1 N–H and O–H groups in total. The molecule has 2 aliphatic heterocycles. The molecule has 118 valence electrons. The van der Waals surface area contributed by atoms with Crippen LogP contribution in [0.1, 0.15) is 45.4 Å². The van der Waals surface area contributed by atoms with E-state index in [2.05, 4.69) is 0 Å². The van der Waals surface area contributed by atoms with Crippen LogP contribution < -0.4 is 0 Å². The standard InChI is InChI=1S/C15H24N2O4/c1-2-13(18)17-9-4-3-7-12(17)14(19)16-8-5-6-11(10-16)15(20)21/h11-12H,2-10H2,1H3,(H,20,21)/t11-,12?/m0/s1. The first-order chi connectivity index (χ1) is 10.0. The molecule has 6 nitrogen and oxygen atoms in total. The lowest BCUT2D eigenvalue weighted by molar-refractivity contribution is -0.152. The maximum absolute atomic E-state index is 12.7. The summed E-state index contributed by atoms with van der Waals surface area (Å²) < 4.78 is 0. The lowest BCUT2D eigenvalue weighted by Gasteiger charge is -2.39. The molecule has 2 aliphatic rings. The predicted molar refractivity (Wildman–Crippen MR) is 76.6 cm³/mol. The van der Waals surface area contributed by atoms with Crippen molar-refractivity contribution in [2.24, 2.45) is 5.92 Å². The summed E-state index contributed by atoms with van der Waals surface area (Å²) in [5.74, 6) is -1.36. The van der Waals surface area contributed by atoms with E-state index >= 15 is 0 Å². The Labute approximate surface area is 125 Å². The van der Waals surface area contributed by atoms with Gasteiger partial charge in [-0.2, -0.15) is 0 Å². The number of hydrogen-bond acceptors (Lipinski definition) is 3. The number of aliphatic carboxylic acids is 1. The van der Waals surface area contributed by atoms with Crippen LogP contribution in [0.4, 0.5) is 0 Å². The van der Waals surface area contributed by atoms with Gasteiger partial charge in [0.1, 0.15) is 6.04 Å². The minimum atomic E-state index is -0.836. The van der Waals surface area contributed by atoms with Crippen LogP contribution in [-0.4, -0.2) is 58.4 Å². The van der Waals surface area contributed by atoms with Gasteiger partial charge < -0.3 is 14.9 Å². The summed E-state index contributed by atoms with van der Waals surface area (Å²) in [7, 11) is 0. The molecule has 0 aromatic rings. The highest BCUT2D eigenvalue weighted by Gasteiger charge is 2.36. The Hall–Kier alpha value is -1.59. The minimum Gasteiger partial charge on any atom is -0.481 e. The molecule has 2 amide bonds. The van der Waals surface area contributed by atoms with Crippen LogP contribution in [0.15, 0.2) is 0 Å². The van der Waals surface area contributed by atoms with E-state index in [0.717, 1.165) is 19.3 Å². The highest BCUT2D eigenvalue weighted by atomic mass is 16.4. The highest BCUT2D eigenvalue weighted by molar-refractivity contribution is 5.88. The Balaban J connectivity index is 2.06. The van der Waals surface area contributed by atoms with Gasteiger partial charge in [0.05, 0.1) is 5.92 Å². The molecule has 0 aromatic heterocycles. The van der Waals surface area contributed by atoms with Gasteiger partial charge >= 0.3 is 5.97 Å². The van der Waals surface area contributed by atoms with E-state index < -0.39 is 17.9 Å². The maximum Gasteiger partial charge on any atom is 0.308 e. The van der Waals surface area contributed by atoms with E-state index in [0.29, 0.717) is 32.4 Å². The van der Waals surface area contributed by atoms with Crippen molar-refractivity contribution in [2.75, 3.05) is 19.6 Å². The Morgan fingerprint density at radius 3 is 2.52 bits per heavy atom. The van der Waals surface area contributed by atoms with E-state index in [9.17, 15) is 14.4 Å². The van der Waals surface area contributed by atoms with Crippen molar-refractivity contribution in [1.82, 2.24) is 9.80 Å². The normalized spacial score (nSPS) is 26.5. The SMILES string of the molecule is CCC(=O)N1CCCCC1C(=O)N1CCC[C@H](C(=O)O)C1. The van der Waals surface area contributed by atoms with E-state index in [1.807, 2.05) is 0 Å². The van der Waals surface area contributed by atoms with Crippen LogP contribution in [0.2, 0.25) is 0 Å². The van der Waals surface area contributed by atoms with Crippen LogP contribution in [0.5, 0.6) is 0 Å². The summed E-state index contributed by atoms with van der Waals surface area (Å²) in [6.07, 6.45) is 4.33. The Morgan fingerprint density at radius 1 is 1.10 bits per heavy atom. The minimum absolute atomic E-state index is 0.0137. The first kappa shape index (κ1) is 15.8. The Kier molecular flexibility index (Phi) is 5.20. The smallest absolute Gasteiger partial charge is 0.308 e. The molecule has 0 bridgehead atoms. The molecule has 1 unspecified atom stereocenters. The van der Waals surface area contributed by atoms with E-state index in [4.69, 9.17) is 5.11 Å². The van der Waals surface area contributed by atoms with Crippen molar-refractivity contribution < 1.29 is 19.5 Å². The Bertz CT molecular complexity index is 424. The van der Waals surface area contributed by atoms with Crippen LogP contribution >= 0.6 is 0 Å². The fourth-order valence-corrected chi connectivity index (χ4v) is 3.28. The fraction of sp³-hybridized carbons (Fsp3) is 0.800. The summed E-state index contributed by atoms with van der Waals surface area (Å²) >= 11 is 0. The van der Waals surface area contributed by atoms with Crippen molar-refractivity contribution in [3.8, 4) is 0 Å². The largest absolute Gasteiger partial charge is 0.481 e. The van der Waals surface area contributed by atoms with Gasteiger partial charge in [0.25, 0.3) is 0 Å². The summed E-state index contributed by atoms with van der Waals surface area (Å²) in [5, 5.41) is 9.12. The zero-order valence-corrected chi connectivity index (χ0v) is 12.6. The third-order valence-electron chi connectivity index (χ3n) is 4.49. The van der Waals surface area contributed by atoms with Crippen LogP contribution in [0.3, 0.4) is 0 Å². The van der Waals surface area contributed by atoms with Gasteiger partial charge in [-0.25, -0.2) is 0 Å². The van der Waals surface area contributed by atoms with Gasteiger partial charge in [-0.05, 0) is 32.1 Å². The molecule has 2 fully saturated rings. The topological polar surface area (TPSA) is 77.9 Å². The molecule has 0 spiro atoms. The number of carboxylic acids is 1. The van der Waals surface area contributed by atoms with Crippen molar-refractivity contribution >= 4 is 17.8 Å². The average molecular weight is 296 g/mol. The third kappa shape index (κ3) is 3.54. The molecule has 2 rings (SSSR count). The van der Waals surface area contributed by atoms with E-state index in [1.54, 1.807) is 16.7 Å². The number of carboxylic acid groups (broad SMARTS) is 1. The van der Waals surface area contributed by atoms with Crippen LogP contribution in [0.25, 0.3) is 0 Å². The zero-order valence-electron chi connectivity index (χ0n) is 12.6. The molecule has 0 radical (unpaired) electrons. The number of hydrogen-bond donors (Lipinski definition) is 1. The number of carbonyl (C=O) groups is 3. The molecular formula is C15H24N2O4. The van der Waals surface area contributed by atoms with Crippen LogP contribution in [-0.2, 0) is 14.4 Å². The number of likely N-dealkylation sites (tertiary alicyclic amines) is 2. The first-order valence-corrected chi connectivity index (χ1v) is 7.85. The van der Waals surface area contributed by atoms with Crippen LogP contribution in [0, 0.1) is 5.92 Å². The molecule has 0 aliphatic carbocycles. The summed E-state index contributed by atoms with van der Waals surface area (Å²) in [4.78, 5) is 39.1. The summed E-state index contributed by atoms with van der Waals surface area (Å²) in [6.45, 7) is 3.32. The van der Waals surface area contributed by atoms with Gasteiger partial charge in [0.15, 0.2) is 0 Å². The molecule has 2 saturated heterocycles. The predicted octanol–water partition coefficient (Wildman–Crippen LogP) is 1.10. The second-order valence-corrected chi connectivity index (χ2v) is 5.91. The molecule has 6 heteroatoms. The number of nitrogens with zero attached hydrogens (tertiary/aromatic N) is 2. The summed E-state index contributed by atoms with van der Waals surface area (Å²) in [5.41, 5.74) is 0. The Morgan fingerprint density at radius 2 is 1.86 bits per heavy atom. The zero-order chi connectivity index (χ0) is 15.4. The third-order valence-corrected chi connectivity index (χ3v) is 4.49. The van der Waals surface area contributed by atoms with Gasteiger partial charge in [-0.15, -0.1) is 0 Å². The summed E-state index contributed by atoms with van der Waals surface area (Å²) in [6, 6.07) is -0.390. The van der Waals surface area contributed by atoms with Gasteiger partial charge in [-0.3, -0.25) is 14.4 Å². The second kappa shape index (κ2) is 6.91. The number of rotatable bonds is 3. The van der Waals surface area contributed by atoms with Crippen molar-refractivity contribution in [3.05, 3.63) is 0 Å². The number of amides is 2. The van der Waals surface area contributed by atoms with E-state index in [-0.39, 0.29) is 18.4 Å². The van der Waals surface area contributed by atoms with Crippen molar-refractivity contribution in [3.63, 3.8) is 0 Å². The second-order valence-electron chi connectivity index (χ2n) is 5.91. The van der Waals surface area contributed by atoms with Gasteiger partial charge in [0.2, 0.25) is 11.8 Å². The lowest BCUT2D eigenvalue weighted by Crippen LogP contribution is -2.55. The molecule has 2 heterocycles. The molecule has 21 heavy (non-hydrogen) atoms. The van der Waals surface area contributed by atoms with Gasteiger partial charge in [0, 0.05) is 26.1 Å². The molecule has 2 atom stereocenters. The fourth-order valence-electron chi connectivity index (χ4n) is 3.28. The number of carbonyl (C=O) groups excluding carboxylic acids is 2. The van der Waals surface area contributed by atoms with Crippen molar-refractivity contribution in [1.29, 1.82) is 0 Å². The lowest BCUT2D eigenvalue weighted by atomic mass is 9.95. The molecule has 0 aromatic carbocycles. The first-order valence-electron chi connectivity index (χ1n) is 7.85. The highest BCUT2D eigenvalue weighted by Crippen LogP contribution is 2.23. The van der Waals surface area contributed by atoms with Gasteiger partial charge in [-0.1, -0.05) is 6.92 Å². The quantitative estimate of drug-likeness (QED) is 0.846. The van der Waals surface area contributed by atoms with E-state index in [1.165, 1.54) is 0 Å². The van der Waals surface area contributed by atoms with Crippen molar-refractivity contribution in [2.45, 2.75) is 51.5 Å². The molecular weight excluding hydrogens is 272 g/mol. The monoisotopic (exact) mass is 296 g/mol. The maximum atomic E-state index is 12.7.